The molecule has 1 aliphatic carbocycles. The van der Waals surface area contributed by atoms with E-state index in [1.54, 1.807) is 36.2 Å². The number of carbonyl (C=O) groups excluding carboxylic acids is 1. The summed E-state index contributed by atoms with van der Waals surface area (Å²) < 4.78 is 41.0. The number of likely N-dealkylation sites (N-methyl/N-ethyl adjacent to an activating group) is 2. The Hall–Kier alpha value is -2.45. The highest BCUT2D eigenvalue weighted by atomic mass is 32.2. The minimum Gasteiger partial charge on any atom is -0.340 e. The Balaban J connectivity index is 1.58. The summed E-state index contributed by atoms with van der Waals surface area (Å²) in [5.41, 5.74) is 1.09. The lowest BCUT2D eigenvalue weighted by atomic mass is 9.94. The Morgan fingerprint density at radius 2 is 1.69 bits per heavy atom. The van der Waals surface area contributed by atoms with E-state index in [-0.39, 0.29) is 16.4 Å². The first-order valence-electron chi connectivity index (χ1n) is 11.0. The molecule has 0 heterocycles. The van der Waals surface area contributed by atoms with E-state index in [0.29, 0.717) is 23.8 Å². The van der Waals surface area contributed by atoms with Crippen LogP contribution in [0.25, 0.3) is 0 Å². The van der Waals surface area contributed by atoms with Crippen LogP contribution in [0.15, 0.2) is 47.4 Å². The molecule has 0 spiro atoms. The molecule has 0 unspecified atom stereocenters. The average Bonchev–Trinajstić information content (AvgIpc) is 2.79. The normalized spacial score (nSPS) is 15.0. The Labute approximate surface area is 190 Å². The number of halogens is 1. The van der Waals surface area contributed by atoms with Gasteiger partial charge in [-0.15, -0.1) is 0 Å². The van der Waals surface area contributed by atoms with Crippen LogP contribution in [0.5, 0.6) is 0 Å². The zero-order valence-electron chi connectivity index (χ0n) is 19.0. The van der Waals surface area contributed by atoms with E-state index in [1.807, 2.05) is 0 Å². The van der Waals surface area contributed by atoms with Crippen LogP contribution in [0.4, 0.5) is 10.1 Å². The Morgan fingerprint density at radius 3 is 2.31 bits per heavy atom. The average molecular weight is 462 g/mol. The molecule has 1 saturated carbocycles. The van der Waals surface area contributed by atoms with Gasteiger partial charge in [-0.2, -0.15) is 0 Å². The number of benzene rings is 2. The third-order valence-corrected chi connectivity index (χ3v) is 7.54. The monoisotopic (exact) mass is 461 g/mol. The Bertz CT molecular complexity index is 1030. The molecule has 32 heavy (non-hydrogen) atoms. The molecule has 0 atom stereocenters. The Morgan fingerprint density at radius 1 is 1.03 bits per heavy atom. The second-order valence-electron chi connectivity index (χ2n) is 8.59. The fourth-order valence-electron chi connectivity index (χ4n) is 4.01. The van der Waals surface area contributed by atoms with Crippen molar-refractivity contribution in [3.8, 4) is 0 Å². The molecule has 0 saturated heterocycles. The molecule has 0 radical (unpaired) electrons. The molecule has 3 rings (SSSR count). The molecule has 1 fully saturated rings. The lowest BCUT2D eigenvalue weighted by molar-refractivity contribution is 0.0767. The number of sulfonamides is 1. The number of anilines is 1. The zero-order chi connectivity index (χ0) is 23.3. The number of amides is 1. The second-order valence-corrected chi connectivity index (χ2v) is 10.3. The van der Waals surface area contributed by atoms with Gasteiger partial charge in [0.2, 0.25) is 0 Å². The summed E-state index contributed by atoms with van der Waals surface area (Å²) in [5.74, 6) is -0.563. The largest absolute Gasteiger partial charge is 0.340 e. The van der Waals surface area contributed by atoms with Crippen molar-refractivity contribution in [1.82, 2.24) is 9.80 Å². The number of aryl methyl sites for hydroxylation is 1. The van der Waals surface area contributed by atoms with Crippen LogP contribution in [0.2, 0.25) is 0 Å². The fraction of sp³-hybridized carbons (Fsp3) is 0.458. The van der Waals surface area contributed by atoms with E-state index in [9.17, 15) is 17.6 Å². The van der Waals surface area contributed by atoms with Gasteiger partial charge in [-0.1, -0.05) is 19.3 Å². The van der Waals surface area contributed by atoms with Crippen LogP contribution < -0.4 is 4.72 Å². The number of nitrogens with one attached hydrogen (secondary N) is 1. The predicted octanol–water partition coefficient (Wildman–Crippen LogP) is 4.27. The van der Waals surface area contributed by atoms with E-state index in [1.165, 1.54) is 51.2 Å². The number of nitrogens with zero attached hydrogens (tertiary/aromatic N) is 2. The minimum atomic E-state index is -3.85. The summed E-state index contributed by atoms with van der Waals surface area (Å²) in [6, 6.07) is 10.6. The zero-order valence-corrected chi connectivity index (χ0v) is 19.8. The summed E-state index contributed by atoms with van der Waals surface area (Å²) in [6.07, 6.45) is 6.33. The number of rotatable bonds is 8. The van der Waals surface area contributed by atoms with Crippen molar-refractivity contribution in [2.45, 2.75) is 50.0 Å². The molecule has 6 nitrogen and oxygen atoms in total. The van der Waals surface area contributed by atoms with Crippen LogP contribution >= 0.6 is 0 Å². The maximum Gasteiger partial charge on any atom is 0.261 e. The quantitative estimate of drug-likeness (QED) is 0.637. The fourth-order valence-corrected chi connectivity index (χ4v) is 5.16. The summed E-state index contributed by atoms with van der Waals surface area (Å²) in [7, 11) is 0.0566. The lowest BCUT2D eigenvalue weighted by Crippen LogP contribution is -2.40. The van der Waals surface area contributed by atoms with Crippen molar-refractivity contribution in [2.75, 3.05) is 31.9 Å². The minimum absolute atomic E-state index is 0.0154. The van der Waals surface area contributed by atoms with Gasteiger partial charge in [0.05, 0.1) is 4.90 Å². The molecule has 0 aromatic heterocycles. The molecule has 174 valence electrons. The van der Waals surface area contributed by atoms with Gasteiger partial charge in [0.15, 0.2) is 0 Å². The summed E-state index contributed by atoms with van der Waals surface area (Å²) in [6.45, 7) is 2.96. The third-order valence-electron chi connectivity index (χ3n) is 6.16. The molecule has 1 amide bonds. The molecule has 1 N–H and O–H groups in total. The summed E-state index contributed by atoms with van der Waals surface area (Å²) >= 11 is 0. The van der Waals surface area contributed by atoms with Gasteiger partial charge < -0.3 is 9.80 Å². The molecule has 1 aliphatic rings. The van der Waals surface area contributed by atoms with Crippen LogP contribution in [-0.2, 0) is 10.0 Å². The standard InChI is InChI=1S/C24H32FN3O3S/c1-18-17-22(13-14-23(18)25)32(30,31)26-20-11-9-19(10-12-20)24(29)28(3)16-15-27(2)21-7-5-4-6-8-21/h9-14,17,21,26H,4-8,15-16H2,1-3H3. The van der Waals surface area contributed by atoms with E-state index >= 15 is 0 Å². The second kappa shape index (κ2) is 10.4. The van der Waals surface area contributed by atoms with Gasteiger partial charge in [-0.05, 0) is 74.8 Å². The van der Waals surface area contributed by atoms with Gasteiger partial charge in [0.25, 0.3) is 15.9 Å². The summed E-state index contributed by atoms with van der Waals surface area (Å²) in [4.78, 5) is 16.8. The number of carbonyl (C=O) groups is 1. The van der Waals surface area contributed by atoms with Gasteiger partial charge in [-0.25, -0.2) is 12.8 Å². The van der Waals surface area contributed by atoms with Crippen LogP contribution in [0.3, 0.4) is 0 Å². The van der Waals surface area contributed by atoms with Gasteiger partial charge in [0.1, 0.15) is 5.82 Å². The molecule has 0 aliphatic heterocycles. The van der Waals surface area contributed by atoms with Crippen molar-refractivity contribution in [3.05, 3.63) is 59.4 Å². The van der Waals surface area contributed by atoms with Gasteiger partial charge in [-0.3, -0.25) is 9.52 Å². The highest BCUT2D eigenvalue weighted by molar-refractivity contribution is 7.92. The first kappa shape index (κ1) is 24.2. The molecule has 2 aromatic rings. The van der Waals surface area contributed by atoms with E-state index in [0.717, 1.165) is 12.6 Å². The van der Waals surface area contributed by atoms with E-state index in [2.05, 4.69) is 16.7 Å². The van der Waals surface area contributed by atoms with Gasteiger partial charge >= 0.3 is 0 Å². The maximum absolute atomic E-state index is 13.4. The van der Waals surface area contributed by atoms with Crippen molar-refractivity contribution in [2.24, 2.45) is 0 Å². The van der Waals surface area contributed by atoms with Crippen molar-refractivity contribution < 1.29 is 17.6 Å². The summed E-state index contributed by atoms with van der Waals surface area (Å²) in [5, 5.41) is 0. The van der Waals surface area contributed by atoms with Crippen LogP contribution in [0.1, 0.15) is 48.0 Å². The number of hydrogen-bond acceptors (Lipinski definition) is 4. The lowest BCUT2D eigenvalue weighted by Gasteiger charge is -2.32. The Kier molecular flexibility index (Phi) is 7.90. The molecule has 8 heteroatoms. The predicted molar refractivity (Wildman–Crippen MR) is 125 cm³/mol. The van der Waals surface area contributed by atoms with E-state index in [4.69, 9.17) is 0 Å². The van der Waals surface area contributed by atoms with Crippen molar-refractivity contribution in [3.63, 3.8) is 0 Å². The molecule has 0 bridgehead atoms. The van der Waals surface area contributed by atoms with Crippen molar-refractivity contribution in [1.29, 1.82) is 0 Å². The highest BCUT2D eigenvalue weighted by Crippen LogP contribution is 2.22. The van der Waals surface area contributed by atoms with E-state index < -0.39 is 15.8 Å². The first-order chi connectivity index (χ1) is 15.2. The topological polar surface area (TPSA) is 69.7 Å². The van der Waals surface area contributed by atoms with Crippen molar-refractivity contribution >= 4 is 21.6 Å². The smallest absolute Gasteiger partial charge is 0.261 e. The number of hydrogen-bond donors (Lipinski definition) is 1. The first-order valence-corrected chi connectivity index (χ1v) is 12.5. The maximum atomic E-state index is 13.4. The molecular formula is C24H32FN3O3S. The third kappa shape index (κ3) is 6.07. The van der Waals surface area contributed by atoms with Crippen LogP contribution in [-0.4, -0.2) is 57.4 Å². The van der Waals surface area contributed by atoms with Gasteiger partial charge in [0, 0.05) is 37.4 Å². The SMILES string of the molecule is Cc1cc(S(=O)(=O)Nc2ccc(C(=O)N(C)CCN(C)C3CCCCC3)cc2)ccc1F. The highest BCUT2D eigenvalue weighted by Gasteiger charge is 2.20. The molecule has 2 aromatic carbocycles. The van der Waals surface area contributed by atoms with Crippen LogP contribution in [0, 0.1) is 12.7 Å². The molecular weight excluding hydrogens is 429 g/mol.